The molecule has 2 aliphatic rings. The fourth-order valence-corrected chi connectivity index (χ4v) is 3.17. The number of halogens is 2. The maximum absolute atomic E-state index is 13.8. The lowest BCUT2D eigenvalue weighted by Crippen LogP contribution is -2.59. The third-order valence-electron chi connectivity index (χ3n) is 3.88. The summed E-state index contributed by atoms with van der Waals surface area (Å²) in [5, 5.41) is 0. The Kier molecular flexibility index (Phi) is 4.16. The zero-order chi connectivity index (χ0) is 16.8. The van der Waals surface area contributed by atoms with E-state index in [0.29, 0.717) is 36.5 Å². The monoisotopic (exact) mass is 386 g/mol. The Morgan fingerprint density at radius 1 is 1.39 bits per heavy atom. The second kappa shape index (κ2) is 5.85. The summed E-state index contributed by atoms with van der Waals surface area (Å²) in [5.41, 5.74) is 0.227. The van der Waals surface area contributed by atoms with E-state index < -0.39 is 5.60 Å². The Bertz CT molecular complexity index is 632. The molecule has 0 saturated carbocycles. The highest BCUT2D eigenvalue weighted by atomic mass is 79.9. The topological polar surface area (TPSA) is 42.0 Å². The highest BCUT2D eigenvalue weighted by molar-refractivity contribution is 9.10. The minimum absolute atomic E-state index is 0.00402. The van der Waals surface area contributed by atoms with Crippen LogP contribution in [-0.4, -0.2) is 48.9 Å². The molecule has 1 atom stereocenters. The molecular weight excluding hydrogens is 367 g/mol. The van der Waals surface area contributed by atoms with E-state index in [-0.39, 0.29) is 18.0 Å². The van der Waals surface area contributed by atoms with Gasteiger partial charge >= 0.3 is 6.09 Å². The summed E-state index contributed by atoms with van der Waals surface area (Å²) in [6.07, 6.45) is -0.315. The van der Waals surface area contributed by atoms with E-state index >= 15 is 0 Å². The SMILES string of the molecule is CC(C)(C)OC(=O)N1CCN2c3cc(F)c(Br)cc3OC[C@H]2C1. The van der Waals surface area contributed by atoms with E-state index in [1.165, 1.54) is 6.07 Å². The first kappa shape index (κ1) is 16.4. The van der Waals surface area contributed by atoms with Gasteiger partial charge in [0, 0.05) is 25.7 Å². The number of rotatable bonds is 0. The summed E-state index contributed by atoms with van der Waals surface area (Å²) < 4.78 is 25.4. The minimum Gasteiger partial charge on any atom is -0.489 e. The van der Waals surface area contributed by atoms with E-state index in [1.54, 1.807) is 11.0 Å². The molecule has 0 aliphatic carbocycles. The van der Waals surface area contributed by atoms with Crippen LogP contribution in [0.2, 0.25) is 0 Å². The van der Waals surface area contributed by atoms with Gasteiger partial charge < -0.3 is 19.3 Å². The van der Waals surface area contributed by atoms with Gasteiger partial charge in [0.1, 0.15) is 23.8 Å². The Morgan fingerprint density at radius 2 is 2.13 bits per heavy atom. The van der Waals surface area contributed by atoms with Crippen LogP contribution >= 0.6 is 15.9 Å². The Hall–Kier alpha value is -1.50. The van der Waals surface area contributed by atoms with Crippen molar-refractivity contribution in [3.05, 3.63) is 22.4 Å². The van der Waals surface area contributed by atoms with Crippen LogP contribution in [0.4, 0.5) is 14.9 Å². The predicted molar refractivity (Wildman–Crippen MR) is 88.5 cm³/mol. The molecule has 0 unspecified atom stereocenters. The standard InChI is InChI=1S/C16H20BrFN2O3/c1-16(2,3)23-15(21)19-4-5-20-10(8-19)9-22-14-6-11(17)12(18)7-13(14)20/h6-7,10H,4-5,8-9H2,1-3H3/t10-/m1/s1. The van der Waals surface area contributed by atoms with Crippen LogP contribution in [0, 0.1) is 5.82 Å². The van der Waals surface area contributed by atoms with E-state index in [4.69, 9.17) is 9.47 Å². The normalized spacial score (nSPS) is 20.5. The van der Waals surface area contributed by atoms with Gasteiger partial charge in [0.2, 0.25) is 0 Å². The summed E-state index contributed by atoms with van der Waals surface area (Å²) in [4.78, 5) is 16.0. The van der Waals surface area contributed by atoms with Crippen molar-refractivity contribution < 1.29 is 18.7 Å². The van der Waals surface area contributed by atoms with Crippen LogP contribution < -0.4 is 9.64 Å². The molecule has 0 N–H and O–H groups in total. The number of anilines is 1. The van der Waals surface area contributed by atoms with E-state index in [2.05, 4.69) is 20.8 Å². The smallest absolute Gasteiger partial charge is 0.410 e. The molecule has 2 heterocycles. The van der Waals surface area contributed by atoms with Crippen molar-refractivity contribution in [2.24, 2.45) is 0 Å². The van der Waals surface area contributed by atoms with Crippen molar-refractivity contribution in [1.82, 2.24) is 4.90 Å². The number of nitrogens with zero attached hydrogens (tertiary/aromatic N) is 2. The zero-order valence-corrected chi connectivity index (χ0v) is 15.0. The van der Waals surface area contributed by atoms with Crippen LogP contribution in [0.25, 0.3) is 0 Å². The largest absolute Gasteiger partial charge is 0.489 e. The summed E-state index contributed by atoms with van der Waals surface area (Å²) in [7, 11) is 0. The van der Waals surface area contributed by atoms with Gasteiger partial charge in [-0.25, -0.2) is 9.18 Å². The second-order valence-electron chi connectivity index (χ2n) is 6.82. The fourth-order valence-electron chi connectivity index (χ4n) is 2.85. The number of amides is 1. The minimum atomic E-state index is -0.515. The van der Waals surface area contributed by atoms with Gasteiger partial charge in [0.05, 0.1) is 16.2 Å². The molecule has 126 valence electrons. The third kappa shape index (κ3) is 3.39. The van der Waals surface area contributed by atoms with Crippen LogP contribution in [-0.2, 0) is 4.74 Å². The lowest BCUT2D eigenvalue weighted by molar-refractivity contribution is 0.0194. The van der Waals surface area contributed by atoms with Gasteiger partial charge in [-0.1, -0.05) is 0 Å². The predicted octanol–water partition coefficient (Wildman–Crippen LogP) is 3.41. The number of piperazine rings is 1. The first-order valence-electron chi connectivity index (χ1n) is 7.61. The van der Waals surface area contributed by atoms with Gasteiger partial charge in [-0.3, -0.25) is 0 Å². The average molecular weight is 387 g/mol. The number of carbonyl (C=O) groups is 1. The van der Waals surface area contributed by atoms with Gasteiger partial charge in [0.25, 0.3) is 0 Å². The first-order valence-corrected chi connectivity index (χ1v) is 8.40. The lowest BCUT2D eigenvalue weighted by Gasteiger charge is -2.45. The van der Waals surface area contributed by atoms with Gasteiger partial charge in [-0.05, 0) is 42.8 Å². The molecule has 1 aromatic carbocycles. The summed E-state index contributed by atoms with van der Waals surface area (Å²) >= 11 is 3.18. The van der Waals surface area contributed by atoms with Crippen LogP contribution in [0.5, 0.6) is 5.75 Å². The Morgan fingerprint density at radius 3 is 2.83 bits per heavy atom. The maximum Gasteiger partial charge on any atom is 0.410 e. The Balaban J connectivity index is 1.75. The number of ether oxygens (including phenoxy) is 2. The molecule has 7 heteroatoms. The molecule has 0 radical (unpaired) electrons. The van der Waals surface area contributed by atoms with Crippen LogP contribution in [0.1, 0.15) is 20.8 Å². The highest BCUT2D eigenvalue weighted by Crippen LogP contribution is 2.38. The number of hydrogen-bond acceptors (Lipinski definition) is 4. The third-order valence-corrected chi connectivity index (χ3v) is 4.48. The van der Waals surface area contributed by atoms with E-state index in [0.717, 1.165) is 5.69 Å². The van der Waals surface area contributed by atoms with Gasteiger partial charge in [0.15, 0.2) is 0 Å². The quantitative estimate of drug-likeness (QED) is 0.685. The second-order valence-corrected chi connectivity index (χ2v) is 7.67. The molecular formula is C16H20BrFN2O3. The van der Waals surface area contributed by atoms with Gasteiger partial charge in [-0.2, -0.15) is 0 Å². The summed E-state index contributed by atoms with van der Waals surface area (Å²) in [6, 6.07) is 3.14. The van der Waals surface area contributed by atoms with Crippen LogP contribution in [0.3, 0.4) is 0 Å². The summed E-state index contributed by atoms with van der Waals surface area (Å²) in [5.74, 6) is 0.350. The molecule has 0 bridgehead atoms. The van der Waals surface area contributed by atoms with Crippen molar-refractivity contribution in [2.45, 2.75) is 32.4 Å². The maximum atomic E-state index is 13.8. The molecule has 5 nitrogen and oxygen atoms in total. The highest BCUT2D eigenvalue weighted by Gasteiger charge is 2.36. The van der Waals surface area contributed by atoms with Gasteiger partial charge in [-0.15, -0.1) is 0 Å². The van der Waals surface area contributed by atoms with Crippen LogP contribution in [0.15, 0.2) is 16.6 Å². The number of carbonyl (C=O) groups excluding carboxylic acids is 1. The lowest BCUT2D eigenvalue weighted by atomic mass is 10.1. The number of benzene rings is 1. The van der Waals surface area contributed by atoms with Crippen molar-refractivity contribution >= 4 is 27.7 Å². The first-order chi connectivity index (χ1) is 10.7. The van der Waals surface area contributed by atoms with E-state index in [1.807, 2.05) is 20.8 Å². The number of hydrogen-bond donors (Lipinski definition) is 0. The molecule has 23 heavy (non-hydrogen) atoms. The fraction of sp³-hybridized carbons (Fsp3) is 0.562. The van der Waals surface area contributed by atoms with Crippen molar-refractivity contribution in [2.75, 3.05) is 31.1 Å². The van der Waals surface area contributed by atoms with E-state index in [9.17, 15) is 9.18 Å². The molecule has 1 amide bonds. The molecule has 1 aromatic rings. The van der Waals surface area contributed by atoms with Crippen molar-refractivity contribution in [3.63, 3.8) is 0 Å². The molecule has 1 fully saturated rings. The summed E-state index contributed by atoms with van der Waals surface area (Å²) in [6.45, 7) is 7.69. The molecule has 1 saturated heterocycles. The molecule has 2 aliphatic heterocycles. The molecule has 0 spiro atoms. The van der Waals surface area contributed by atoms with Crippen molar-refractivity contribution in [1.29, 1.82) is 0 Å². The van der Waals surface area contributed by atoms with Crippen molar-refractivity contribution in [3.8, 4) is 5.75 Å². The Labute approximate surface area is 143 Å². The molecule has 0 aromatic heterocycles. The average Bonchev–Trinajstić information content (AvgIpc) is 2.46. The number of fused-ring (bicyclic) bond motifs is 3. The zero-order valence-electron chi connectivity index (χ0n) is 13.4. The molecule has 3 rings (SSSR count).